The van der Waals surface area contributed by atoms with Crippen LogP contribution in [-0.2, 0) is 13.6 Å². The second-order valence-electron chi connectivity index (χ2n) is 3.92. The number of hydrogen-bond donors (Lipinski definition) is 0. The second kappa shape index (κ2) is 4.87. The van der Waals surface area contributed by atoms with Crippen molar-refractivity contribution in [2.45, 2.75) is 6.54 Å². The van der Waals surface area contributed by atoms with Crippen LogP contribution >= 0.6 is 0 Å². The molecule has 0 aliphatic rings. The number of amides is 1. The molecule has 0 aliphatic carbocycles. The molecule has 1 amide bonds. The molecule has 0 radical (unpaired) electrons. The Morgan fingerprint density at radius 1 is 1.44 bits per heavy atom. The van der Waals surface area contributed by atoms with Gasteiger partial charge in [0.25, 0.3) is 11.5 Å². The molecule has 0 fully saturated rings. The van der Waals surface area contributed by atoms with Gasteiger partial charge in [-0.25, -0.2) is 4.68 Å². The van der Waals surface area contributed by atoms with Gasteiger partial charge >= 0.3 is 0 Å². The number of aromatic nitrogens is 2. The summed E-state index contributed by atoms with van der Waals surface area (Å²) in [6.07, 6.45) is 1.55. The van der Waals surface area contributed by atoms with Crippen molar-refractivity contribution < 1.29 is 9.21 Å². The number of carbonyl (C=O) groups excluding carboxylic acids is 1. The van der Waals surface area contributed by atoms with E-state index in [-0.39, 0.29) is 17.2 Å². The monoisotopic (exact) mass is 247 g/mol. The minimum absolute atomic E-state index is 0.228. The lowest BCUT2D eigenvalue weighted by Crippen LogP contribution is -2.29. The summed E-state index contributed by atoms with van der Waals surface area (Å²) in [5.41, 5.74) is -0.0219. The summed E-state index contributed by atoms with van der Waals surface area (Å²) in [5, 5.41) is 3.91. The molecule has 0 N–H and O–H groups in total. The van der Waals surface area contributed by atoms with Crippen LogP contribution in [-0.4, -0.2) is 27.6 Å². The Morgan fingerprint density at radius 3 is 2.83 bits per heavy atom. The molecule has 0 aromatic carbocycles. The molecule has 0 saturated heterocycles. The number of carbonyl (C=O) groups is 1. The van der Waals surface area contributed by atoms with Crippen LogP contribution in [0.3, 0.4) is 0 Å². The topological polar surface area (TPSA) is 68.3 Å². The minimum Gasteiger partial charge on any atom is -0.467 e. The summed E-state index contributed by atoms with van der Waals surface area (Å²) in [6, 6.07) is 6.29. The summed E-state index contributed by atoms with van der Waals surface area (Å²) in [4.78, 5) is 24.7. The fraction of sp³-hybridized carbons (Fsp3) is 0.250. The molecular formula is C12H13N3O3. The zero-order valence-electron chi connectivity index (χ0n) is 10.2. The fourth-order valence-corrected chi connectivity index (χ4v) is 1.52. The third-order valence-electron chi connectivity index (χ3n) is 2.50. The molecule has 0 saturated carbocycles. The third kappa shape index (κ3) is 2.48. The van der Waals surface area contributed by atoms with Gasteiger partial charge in [-0.2, -0.15) is 5.10 Å². The lowest BCUT2D eigenvalue weighted by Gasteiger charge is -2.15. The van der Waals surface area contributed by atoms with Gasteiger partial charge in [0.2, 0.25) is 0 Å². The summed E-state index contributed by atoms with van der Waals surface area (Å²) in [7, 11) is 3.16. The van der Waals surface area contributed by atoms with Crippen LogP contribution in [0.4, 0.5) is 0 Å². The van der Waals surface area contributed by atoms with Crippen LogP contribution < -0.4 is 5.56 Å². The molecule has 2 heterocycles. The number of nitrogens with zero attached hydrogens (tertiary/aromatic N) is 3. The first kappa shape index (κ1) is 12.1. The van der Waals surface area contributed by atoms with Gasteiger partial charge in [0.15, 0.2) is 0 Å². The Morgan fingerprint density at radius 2 is 2.22 bits per heavy atom. The molecule has 94 valence electrons. The normalized spacial score (nSPS) is 10.3. The van der Waals surface area contributed by atoms with Gasteiger partial charge < -0.3 is 9.32 Å². The molecule has 0 atom stereocenters. The summed E-state index contributed by atoms with van der Waals surface area (Å²) < 4.78 is 6.30. The van der Waals surface area contributed by atoms with Crippen molar-refractivity contribution in [3.63, 3.8) is 0 Å². The van der Waals surface area contributed by atoms with E-state index in [4.69, 9.17) is 4.42 Å². The van der Waals surface area contributed by atoms with Crippen molar-refractivity contribution in [1.82, 2.24) is 14.7 Å². The number of furan rings is 1. The van der Waals surface area contributed by atoms with E-state index in [2.05, 4.69) is 5.10 Å². The van der Waals surface area contributed by atoms with Gasteiger partial charge in [0.05, 0.1) is 12.8 Å². The molecule has 0 bridgehead atoms. The fourth-order valence-electron chi connectivity index (χ4n) is 1.52. The minimum atomic E-state index is -0.262. The lowest BCUT2D eigenvalue weighted by molar-refractivity contribution is 0.0767. The number of rotatable bonds is 3. The van der Waals surface area contributed by atoms with Gasteiger partial charge in [-0.15, -0.1) is 0 Å². The van der Waals surface area contributed by atoms with E-state index in [1.54, 1.807) is 25.4 Å². The first-order valence-corrected chi connectivity index (χ1v) is 5.40. The van der Waals surface area contributed by atoms with Crippen LogP contribution in [0.5, 0.6) is 0 Å². The Hall–Kier alpha value is -2.37. The quantitative estimate of drug-likeness (QED) is 0.798. The highest BCUT2D eigenvalue weighted by Gasteiger charge is 2.15. The van der Waals surface area contributed by atoms with E-state index < -0.39 is 0 Å². The maximum atomic E-state index is 12.0. The Kier molecular flexibility index (Phi) is 3.27. The van der Waals surface area contributed by atoms with Crippen molar-refractivity contribution >= 4 is 5.91 Å². The van der Waals surface area contributed by atoms with Crippen molar-refractivity contribution in [1.29, 1.82) is 0 Å². The summed E-state index contributed by atoms with van der Waals surface area (Å²) >= 11 is 0. The average molecular weight is 247 g/mol. The molecule has 0 unspecified atom stereocenters. The van der Waals surface area contributed by atoms with Crippen LogP contribution in [0.1, 0.15) is 16.2 Å². The molecule has 6 heteroatoms. The lowest BCUT2D eigenvalue weighted by atomic mass is 10.3. The van der Waals surface area contributed by atoms with E-state index in [0.29, 0.717) is 12.3 Å². The van der Waals surface area contributed by atoms with Crippen LogP contribution in [0, 0.1) is 0 Å². The highest BCUT2D eigenvalue weighted by Crippen LogP contribution is 2.06. The number of hydrogen-bond acceptors (Lipinski definition) is 4. The first-order chi connectivity index (χ1) is 8.58. The van der Waals surface area contributed by atoms with E-state index in [1.165, 1.54) is 24.1 Å². The Balaban J connectivity index is 2.15. The largest absolute Gasteiger partial charge is 0.467 e. The van der Waals surface area contributed by atoms with Crippen LogP contribution in [0.25, 0.3) is 0 Å². The zero-order valence-corrected chi connectivity index (χ0v) is 10.2. The summed E-state index contributed by atoms with van der Waals surface area (Å²) in [6.45, 7) is 0.357. The predicted molar refractivity (Wildman–Crippen MR) is 64.0 cm³/mol. The Bertz CT molecular complexity index is 601. The first-order valence-electron chi connectivity index (χ1n) is 5.40. The molecule has 2 aromatic heterocycles. The van der Waals surface area contributed by atoms with E-state index in [1.807, 2.05) is 0 Å². The second-order valence-corrected chi connectivity index (χ2v) is 3.92. The molecule has 0 aliphatic heterocycles. The van der Waals surface area contributed by atoms with Gasteiger partial charge in [-0.05, 0) is 18.2 Å². The van der Waals surface area contributed by atoms with Gasteiger partial charge in [0, 0.05) is 20.2 Å². The van der Waals surface area contributed by atoms with Gasteiger partial charge in [-0.3, -0.25) is 9.59 Å². The average Bonchev–Trinajstić information content (AvgIpc) is 2.84. The maximum Gasteiger partial charge on any atom is 0.274 e. The predicted octanol–water partition coefficient (Wildman–Crippen LogP) is 0.645. The molecular weight excluding hydrogens is 234 g/mol. The Labute approximate surface area is 103 Å². The zero-order chi connectivity index (χ0) is 13.1. The highest BCUT2D eigenvalue weighted by atomic mass is 16.3. The van der Waals surface area contributed by atoms with Gasteiger partial charge in [-0.1, -0.05) is 0 Å². The smallest absolute Gasteiger partial charge is 0.274 e. The van der Waals surface area contributed by atoms with Gasteiger partial charge in [0.1, 0.15) is 11.5 Å². The van der Waals surface area contributed by atoms with Crippen LogP contribution in [0.2, 0.25) is 0 Å². The molecule has 6 nitrogen and oxygen atoms in total. The van der Waals surface area contributed by atoms with Crippen molar-refractivity contribution in [2.75, 3.05) is 7.05 Å². The van der Waals surface area contributed by atoms with Crippen molar-refractivity contribution in [3.8, 4) is 0 Å². The van der Waals surface area contributed by atoms with E-state index in [9.17, 15) is 9.59 Å². The number of aryl methyl sites for hydroxylation is 1. The maximum absolute atomic E-state index is 12.0. The summed E-state index contributed by atoms with van der Waals surface area (Å²) in [5.74, 6) is 0.428. The van der Waals surface area contributed by atoms with Crippen molar-refractivity contribution in [3.05, 3.63) is 52.3 Å². The molecule has 2 aromatic rings. The van der Waals surface area contributed by atoms with E-state index >= 15 is 0 Å². The SMILES string of the molecule is CN(Cc1ccco1)C(=O)c1ccc(=O)n(C)n1. The van der Waals surface area contributed by atoms with Crippen LogP contribution in [0.15, 0.2) is 39.7 Å². The van der Waals surface area contributed by atoms with E-state index in [0.717, 1.165) is 4.68 Å². The highest BCUT2D eigenvalue weighted by molar-refractivity contribution is 5.91. The molecule has 0 spiro atoms. The molecule has 2 rings (SSSR count). The van der Waals surface area contributed by atoms with Crippen molar-refractivity contribution in [2.24, 2.45) is 7.05 Å². The molecule has 18 heavy (non-hydrogen) atoms. The standard InChI is InChI=1S/C12H13N3O3/c1-14(8-9-4-3-7-18-9)12(17)10-5-6-11(16)15(2)13-10/h3-7H,8H2,1-2H3. The third-order valence-corrected chi connectivity index (χ3v) is 2.50.